The van der Waals surface area contributed by atoms with Gasteiger partial charge in [0.15, 0.2) is 5.56 Å². The number of nitriles is 1. The number of hydrogen-bond donors (Lipinski definition) is 1. The molecule has 1 aromatic heterocycles. The summed E-state index contributed by atoms with van der Waals surface area (Å²) in [7, 11) is 0. The molecule has 4 nitrogen and oxygen atoms in total. The van der Waals surface area contributed by atoms with E-state index in [1.165, 1.54) is 0 Å². The summed E-state index contributed by atoms with van der Waals surface area (Å²) in [5.41, 5.74) is 2.51. The molecule has 1 heterocycles. The number of hydrogen-bond acceptors (Lipinski definition) is 4. The first-order valence-electron chi connectivity index (χ1n) is 6.94. The van der Waals surface area contributed by atoms with Crippen molar-refractivity contribution in [2.24, 2.45) is 0 Å². The smallest absolute Gasteiger partial charge is 0.278 e. The van der Waals surface area contributed by atoms with Crippen LogP contribution in [0.5, 0.6) is 0 Å². The van der Waals surface area contributed by atoms with Gasteiger partial charge in [-0.1, -0.05) is 43.0 Å². The van der Waals surface area contributed by atoms with Crippen molar-refractivity contribution in [3.63, 3.8) is 0 Å². The van der Waals surface area contributed by atoms with Crippen LogP contribution in [0, 0.1) is 11.3 Å². The number of nitrogens with one attached hydrogen (secondary N) is 1. The van der Waals surface area contributed by atoms with Gasteiger partial charge in [-0.25, -0.2) is 0 Å². The van der Waals surface area contributed by atoms with Crippen molar-refractivity contribution < 1.29 is 0 Å². The number of aromatic nitrogens is 1. The van der Waals surface area contributed by atoms with Crippen molar-refractivity contribution in [3.05, 3.63) is 82.7 Å². The highest BCUT2D eigenvalue weighted by Crippen LogP contribution is 2.37. The third kappa shape index (κ3) is 2.80. The highest BCUT2D eigenvalue weighted by atomic mass is 32.1. The lowest BCUT2D eigenvalue weighted by Crippen LogP contribution is -2.12. The Bertz CT molecular complexity index is 917. The number of benzene rings is 2. The van der Waals surface area contributed by atoms with Crippen molar-refractivity contribution in [2.45, 2.75) is 0 Å². The van der Waals surface area contributed by atoms with Gasteiger partial charge in [0.1, 0.15) is 11.1 Å². The average Bonchev–Trinajstić information content (AvgIpc) is 2.97. The average molecular weight is 319 g/mol. The topological polar surface area (TPSA) is 59.9 Å². The lowest BCUT2D eigenvalue weighted by atomic mass is 10.1. The van der Waals surface area contributed by atoms with Crippen LogP contribution in [-0.2, 0) is 0 Å². The maximum Gasteiger partial charge on any atom is 0.278 e. The zero-order valence-electron chi connectivity index (χ0n) is 12.2. The Hall–Kier alpha value is -3.10. The zero-order chi connectivity index (χ0) is 16.2. The second-order valence-corrected chi connectivity index (χ2v) is 5.59. The SMILES string of the molecule is C=Cc1ccc(N(c2ccccc2)c2s[nH]c(=O)c2C#N)cc1. The van der Waals surface area contributed by atoms with E-state index in [9.17, 15) is 10.1 Å². The number of aromatic amines is 1. The number of nitrogens with zero attached hydrogens (tertiary/aromatic N) is 2. The van der Waals surface area contributed by atoms with Crippen molar-refractivity contribution in [1.82, 2.24) is 4.37 Å². The highest BCUT2D eigenvalue weighted by molar-refractivity contribution is 7.10. The van der Waals surface area contributed by atoms with Crippen LogP contribution in [0.25, 0.3) is 6.08 Å². The Balaban J connectivity index is 2.20. The second-order valence-electron chi connectivity index (χ2n) is 4.79. The number of para-hydroxylation sites is 1. The normalized spacial score (nSPS) is 10.0. The van der Waals surface area contributed by atoms with Crippen LogP contribution in [0.4, 0.5) is 16.4 Å². The molecule has 0 aliphatic carbocycles. The molecular formula is C18H13N3OS. The van der Waals surface area contributed by atoms with E-state index in [4.69, 9.17) is 0 Å². The van der Waals surface area contributed by atoms with Crippen LogP contribution < -0.4 is 10.5 Å². The molecule has 23 heavy (non-hydrogen) atoms. The first kappa shape index (κ1) is 14.8. The highest BCUT2D eigenvalue weighted by Gasteiger charge is 2.20. The van der Waals surface area contributed by atoms with Crippen LogP contribution >= 0.6 is 11.5 Å². The van der Waals surface area contributed by atoms with Gasteiger partial charge >= 0.3 is 0 Å². The molecule has 0 radical (unpaired) electrons. The molecule has 0 saturated carbocycles. The van der Waals surface area contributed by atoms with E-state index < -0.39 is 0 Å². The lowest BCUT2D eigenvalue weighted by molar-refractivity contribution is 1.29. The maximum absolute atomic E-state index is 11.8. The predicted octanol–water partition coefficient (Wildman–Crippen LogP) is 4.42. The van der Waals surface area contributed by atoms with Crippen molar-refractivity contribution in [2.75, 3.05) is 4.90 Å². The first-order chi connectivity index (χ1) is 11.2. The molecule has 1 N–H and O–H groups in total. The van der Waals surface area contributed by atoms with E-state index in [-0.39, 0.29) is 11.1 Å². The second kappa shape index (κ2) is 6.34. The van der Waals surface area contributed by atoms with E-state index in [0.717, 1.165) is 28.5 Å². The van der Waals surface area contributed by atoms with Crippen molar-refractivity contribution >= 4 is 34.0 Å². The predicted molar refractivity (Wildman–Crippen MR) is 94.4 cm³/mol. The molecule has 2 aromatic carbocycles. The van der Waals surface area contributed by atoms with Gasteiger partial charge in [-0.15, -0.1) is 0 Å². The Labute approximate surface area is 137 Å². The molecule has 0 amide bonds. The fourth-order valence-corrected chi connectivity index (χ4v) is 3.10. The molecule has 112 valence electrons. The van der Waals surface area contributed by atoms with Gasteiger partial charge in [0.05, 0.1) is 0 Å². The standard InChI is InChI=1S/C18H13N3OS/c1-2-13-8-10-15(11-9-13)21(14-6-4-3-5-7-14)18-16(12-19)17(22)20-23-18/h2-11H,1H2,(H,20,22). The Morgan fingerprint density at radius 2 is 1.74 bits per heavy atom. The Morgan fingerprint density at radius 1 is 1.09 bits per heavy atom. The molecule has 3 aromatic rings. The third-order valence-electron chi connectivity index (χ3n) is 3.40. The summed E-state index contributed by atoms with van der Waals surface area (Å²) in [4.78, 5) is 13.7. The summed E-state index contributed by atoms with van der Waals surface area (Å²) in [5.74, 6) is 0. The van der Waals surface area contributed by atoms with Crippen LogP contribution in [0.2, 0.25) is 0 Å². The molecule has 0 fully saturated rings. The fraction of sp³-hybridized carbons (Fsp3) is 0. The summed E-state index contributed by atoms with van der Waals surface area (Å²) in [6.07, 6.45) is 1.77. The Morgan fingerprint density at radius 3 is 2.35 bits per heavy atom. The minimum atomic E-state index is -0.365. The summed E-state index contributed by atoms with van der Waals surface area (Å²) in [6.45, 7) is 3.75. The van der Waals surface area contributed by atoms with Crippen molar-refractivity contribution in [1.29, 1.82) is 5.26 Å². The molecule has 0 spiro atoms. The van der Waals surface area contributed by atoms with Gasteiger partial charge in [-0.3, -0.25) is 14.1 Å². The number of H-pyrrole nitrogens is 1. The summed E-state index contributed by atoms with van der Waals surface area (Å²) < 4.78 is 2.64. The largest absolute Gasteiger partial charge is 0.299 e. The maximum atomic E-state index is 11.8. The first-order valence-corrected chi connectivity index (χ1v) is 7.75. The van der Waals surface area contributed by atoms with Crippen LogP contribution in [0.15, 0.2) is 66.0 Å². The summed E-state index contributed by atoms with van der Waals surface area (Å²) in [5, 5.41) is 9.89. The van der Waals surface area contributed by atoms with E-state index in [1.807, 2.05) is 65.6 Å². The molecule has 0 aliphatic heterocycles. The fourth-order valence-electron chi connectivity index (χ4n) is 2.27. The molecule has 0 unspecified atom stereocenters. The zero-order valence-corrected chi connectivity index (χ0v) is 13.0. The van der Waals surface area contributed by atoms with E-state index in [0.29, 0.717) is 5.00 Å². The molecular weight excluding hydrogens is 306 g/mol. The van der Waals surface area contributed by atoms with E-state index in [1.54, 1.807) is 6.08 Å². The van der Waals surface area contributed by atoms with Crippen molar-refractivity contribution in [3.8, 4) is 6.07 Å². The van der Waals surface area contributed by atoms with Gasteiger partial charge in [-0.05, 0) is 41.4 Å². The summed E-state index contributed by atoms with van der Waals surface area (Å²) in [6, 6.07) is 19.4. The molecule has 0 saturated heterocycles. The van der Waals surface area contributed by atoms with Gasteiger partial charge in [0.25, 0.3) is 5.56 Å². The molecule has 0 bridgehead atoms. The molecule has 0 atom stereocenters. The Kier molecular flexibility index (Phi) is 4.09. The van der Waals surface area contributed by atoms with E-state index >= 15 is 0 Å². The monoisotopic (exact) mass is 319 g/mol. The minimum Gasteiger partial charge on any atom is -0.299 e. The third-order valence-corrected chi connectivity index (χ3v) is 4.27. The van der Waals surface area contributed by atoms with Gasteiger partial charge in [0.2, 0.25) is 0 Å². The summed E-state index contributed by atoms with van der Waals surface area (Å²) >= 11 is 1.15. The molecule has 0 aliphatic rings. The van der Waals surface area contributed by atoms with Crippen LogP contribution in [-0.4, -0.2) is 4.37 Å². The quantitative estimate of drug-likeness (QED) is 0.774. The number of anilines is 3. The minimum absolute atomic E-state index is 0.117. The molecule has 3 rings (SSSR count). The van der Waals surface area contributed by atoms with Crippen LogP contribution in [0.1, 0.15) is 11.1 Å². The van der Waals surface area contributed by atoms with E-state index in [2.05, 4.69) is 11.0 Å². The lowest BCUT2D eigenvalue weighted by Gasteiger charge is -2.23. The molecule has 5 heteroatoms. The van der Waals surface area contributed by atoms with Crippen LogP contribution in [0.3, 0.4) is 0 Å². The van der Waals surface area contributed by atoms with Gasteiger partial charge in [-0.2, -0.15) is 5.26 Å². The number of rotatable bonds is 4. The van der Waals surface area contributed by atoms with Gasteiger partial charge in [0, 0.05) is 11.4 Å². The van der Waals surface area contributed by atoms with Gasteiger partial charge < -0.3 is 0 Å².